The van der Waals surface area contributed by atoms with Crippen LogP contribution in [0.1, 0.15) is 42.6 Å². The van der Waals surface area contributed by atoms with Crippen LogP contribution >= 0.6 is 11.3 Å². The quantitative estimate of drug-likeness (QED) is 0.117. The summed E-state index contributed by atoms with van der Waals surface area (Å²) in [6, 6.07) is 13.4. The summed E-state index contributed by atoms with van der Waals surface area (Å²) in [5, 5.41) is 27.8. The van der Waals surface area contributed by atoms with Crippen LogP contribution in [0.5, 0.6) is 0 Å². The molecule has 3 aromatic heterocycles. The first kappa shape index (κ1) is 24.8. The number of rotatable bonds is 7. The number of anilines is 2. The van der Waals surface area contributed by atoms with E-state index in [1.165, 1.54) is 22.9 Å². The second kappa shape index (κ2) is 9.33. The Morgan fingerprint density at radius 2 is 2.05 bits per heavy atom. The molecule has 6 N–H and O–H groups in total. The average Bonchev–Trinajstić information content (AvgIpc) is 3.52. The van der Waals surface area contributed by atoms with Crippen LogP contribution in [0.3, 0.4) is 0 Å². The molecular weight excluding hydrogens is 516 g/mol. The van der Waals surface area contributed by atoms with E-state index in [1.54, 1.807) is 12.1 Å². The molecule has 12 heteroatoms. The Balaban J connectivity index is 1.49. The van der Waals surface area contributed by atoms with Crippen LogP contribution in [0.15, 0.2) is 47.3 Å². The van der Waals surface area contributed by atoms with Crippen LogP contribution in [0.25, 0.3) is 32.2 Å². The maximum atomic E-state index is 13.6. The number of pyridine rings is 1. The fourth-order valence-corrected chi connectivity index (χ4v) is 5.99. The minimum absolute atomic E-state index is 0.0357. The Labute approximate surface area is 226 Å². The summed E-state index contributed by atoms with van der Waals surface area (Å²) in [4.78, 5) is 29.4. The van der Waals surface area contributed by atoms with Gasteiger partial charge in [-0.25, -0.2) is 9.67 Å². The van der Waals surface area contributed by atoms with Gasteiger partial charge >= 0.3 is 0 Å². The number of nitrogens with two attached hydrogens (primary N) is 1. The van der Waals surface area contributed by atoms with Gasteiger partial charge in [-0.05, 0) is 48.9 Å². The van der Waals surface area contributed by atoms with Gasteiger partial charge in [0.2, 0.25) is 5.91 Å². The topological polar surface area (TPSA) is 164 Å². The molecule has 5 aromatic rings. The number of amidine groups is 1. The summed E-state index contributed by atoms with van der Waals surface area (Å²) in [7, 11) is 0. The number of fused-ring (bicyclic) bond motifs is 2. The van der Waals surface area contributed by atoms with Gasteiger partial charge in [-0.1, -0.05) is 35.6 Å². The van der Waals surface area contributed by atoms with Crippen molar-refractivity contribution in [3.63, 3.8) is 0 Å². The number of benzene rings is 2. The zero-order valence-electron chi connectivity index (χ0n) is 21.3. The molecule has 0 bridgehead atoms. The first-order chi connectivity index (χ1) is 18.7. The van der Waals surface area contributed by atoms with Crippen molar-refractivity contribution in [1.82, 2.24) is 19.3 Å². The lowest BCUT2D eigenvalue weighted by Gasteiger charge is -2.16. The predicted octanol–water partition coefficient (Wildman–Crippen LogP) is 4.21. The van der Waals surface area contributed by atoms with E-state index in [-0.39, 0.29) is 41.3 Å². The van der Waals surface area contributed by atoms with E-state index in [0.29, 0.717) is 27.3 Å². The number of nitrogens with one attached hydrogen (secondary N) is 3. The number of hydrogen-bond donors (Lipinski definition) is 5. The molecule has 0 radical (unpaired) electrons. The summed E-state index contributed by atoms with van der Waals surface area (Å²) >= 11 is 1.32. The molecule has 198 valence electrons. The molecule has 3 heterocycles. The normalized spacial score (nSPS) is 13.2. The highest BCUT2D eigenvalue weighted by molar-refractivity contribution is 7.22. The van der Waals surface area contributed by atoms with Crippen molar-refractivity contribution in [3.05, 3.63) is 69.6 Å². The van der Waals surface area contributed by atoms with E-state index in [4.69, 9.17) is 16.2 Å². The van der Waals surface area contributed by atoms with Crippen molar-refractivity contribution in [2.45, 2.75) is 39.3 Å². The second-order valence-corrected chi connectivity index (χ2v) is 10.7. The molecule has 1 amide bonds. The minimum Gasteiger partial charge on any atom is -0.383 e. The smallest absolute Gasteiger partial charge is 0.259 e. The molecule has 0 unspecified atom stereocenters. The number of aromatic nitrogens is 4. The van der Waals surface area contributed by atoms with Gasteiger partial charge in [-0.15, -0.1) is 0 Å². The Bertz CT molecular complexity index is 1860. The highest BCUT2D eigenvalue weighted by Gasteiger charge is 2.29. The number of thiazole rings is 1. The monoisotopic (exact) mass is 542 g/mol. The van der Waals surface area contributed by atoms with Gasteiger partial charge in [0.05, 0.1) is 27.7 Å². The van der Waals surface area contributed by atoms with E-state index in [9.17, 15) is 14.8 Å². The van der Waals surface area contributed by atoms with Gasteiger partial charge in [0.25, 0.3) is 5.56 Å². The van der Waals surface area contributed by atoms with Crippen LogP contribution in [-0.2, 0) is 11.3 Å². The summed E-state index contributed by atoms with van der Waals surface area (Å²) in [6.45, 7) is 3.53. The van der Waals surface area contributed by atoms with Crippen LogP contribution < -0.4 is 22.1 Å². The number of hydrogen-bond acceptors (Lipinski definition) is 8. The molecule has 0 spiro atoms. The predicted molar refractivity (Wildman–Crippen MR) is 152 cm³/mol. The molecule has 6 rings (SSSR count). The van der Waals surface area contributed by atoms with Crippen molar-refractivity contribution in [2.75, 3.05) is 10.8 Å². The highest BCUT2D eigenvalue weighted by atomic mass is 32.1. The number of carbonyl (C=O) groups is 1. The zero-order valence-corrected chi connectivity index (χ0v) is 22.1. The van der Waals surface area contributed by atoms with Gasteiger partial charge in [0.1, 0.15) is 11.5 Å². The maximum Gasteiger partial charge on any atom is 0.259 e. The lowest BCUT2D eigenvalue weighted by atomic mass is 10.1. The number of amides is 1. The Morgan fingerprint density at radius 3 is 2.74 bits per heavy atom. The van der Waals surface area contributed by atoms with E-state index in [1.807, 2.05) is 41.8 Å². The van der Waals surface area contributed by atoms with Crippen LogP contribution in [0.2, 0.25) is 0 Å². The van der Waals surface area contributed by atoms with Crippen molar-refractivity contribution in [2.24, 2.45) is 5.73 Å². The number of nitrogen functional groups attached to an aromatic ring is 1. The van der Waals surface area contributed by atoms with Crippen molar-refractivity contribution < 1.29 is 10.0 Å². The van der Waals surface area contributed by atoms with Crippen LogP contribution in [0, 0.1) is 12.3 Å². The van der Waals surface area contributed by atoms with Gasteiger partial charge in [0.15, 0.2) is 10.9 Å². The standard InChI is InChI=1S/C27H26N8O3S/c1-13-4-3-5-15-10-18(35(17-7-8-17)26(37)21(13)15)12-34-25(33-38)22(24(28)29)23(32-34)16-6-9-19-20(11-16)39-27(31-19)30-14(2)36/h3-6,9-11,17,33,38H,7-8,12H2,1-2H3,(H3,28,29)(H,30,31,36). The third-order valence-electron chi connectivity index (χ3n) is 6.87. The van der Waals surface area contributed by atoms with E-state index < -0.39 is 0 Å². The number of aryl methyl sites for hydroxylation is 1. The zero-order chi connectivity index (χ0) is 27.4. The molecule has 1 saturated carbocycles. The van der Waals surface area contributed by atoms with Crippen molar-refractivity contribution >= 4 is 55.0 Å². The summed E-state index contributed by atoms with van der Waals surface area (Å²) < 4.78 is 4.17. The average molecular weight is 543 g/mol. The summed E-state index contributed by atoms with van der Waals surface area (Å²) in [5.74, 6) is -0.330. The Morgan fingerprint density at radius 1 is 1.26 bits per heavy atom. The third-order valence-corrected chi connectivity index (χ3v) is 7.80. The van der Waals surface area contributed by atoms with E-state index in [0.717, 1.165) is 34.2 Å². The second-order valence-electron chi connectivity index (χ2n) is 9.72. The number of nitrogens with zero attached hydrogens (tertiary/aromatic N) is 4. The molecule has 0 saturated heterocycles. The van der Waals surface area contributed by atoms with Crippen LogP contribution in [-0.4, -0.2) is 36.3 Å². The van der Waals surface area contributed by atoms with Crippen molar-refractivity contribution in [1.29, 1.82) is 5.41 Å². The first-order valence-electron chi connectivity index (χ1n) is 12.4. The molecule has 0 aliphatic heterocycles. The van der Waals surface area contributed by atoms with E-state index >= 15 is 0 Å². The summed E-state index contributed by atoms with van der Waals surface area (Å²) in [5.41, 5.74) is 11.8. The van der Waals surface area contributed by atoms with Gasteiger partial charge in [0, 0.05) is 24.2 Å². The molecule has 1 aliphatic rings. The minimum atomic E-state index is -0.273. The Kier molecular flexibility index (Phi) is 5.92. The molecule has 1 aliphatic carbocycles. The SMILES string of the molecule is CC(=O)Nc1nc2ccc(-c3nn(Cc4cc5cccc(C)c5c(=O)n4C4CC4)c(NO)c3C(=N)N)cc2s1. The molecule has 1 fully saturated rings. The Hall–Kier alpha value is -4.55. The molecule has 0 atom stereocenters. The van der Waals surface area contributed by atoms with Gasteiger partial charge < -0.3 is 15.6 Å². The molecule has 2 aromatic carbocycles. The third kappa shape index (κ3) is 4.33. The fraction of sp³-hybridized carbons (Fsp3) is 0.222. The van der Waals surface area contributed by atoms with Gasteiger partial charge in [-0.2, -0.15) is 5.10 Å². The number of carbonyl (C=O) groups excluding carboxylic acids is 1. The summed E-state index contributed by atoms with van der Waals surface area (Å²) in [6.07, 6.45) is 1.85. The van der Waals surface area contributed by atoms with Crippen LogP contribution in [0.4, 0.5) is 10.9 Å². The van der Waals surface area contributed by atoms with E-state index in [2.05, 4.69) is 15.8 Å². The lowest BCUT2D eigenvalue weighted by Crippen LogP contribution is -2.25. The highest BCUT2D eigenvalue weighted by Crippen LogP contribution is 2.37. The molecule has 39 heavy (non-hydrogen) atoms. The first-order valence-corrected chi connectivity index (χ1v) is 13.2. The molecule has 11 nitrogen and oxygen atoms in total. The lowest BCUT2D eigenvalue weighted by molar-refractivity contribution is -0.114. The molecular formula is C27H26N8O3S. The largest absolute Gasteiger partial charge is 0.383 e. The fourth-order valence-electron chi connectivity index (χ4n) is 5.03. The van der Waals surface area contributed by atoms with Gasteiger partial charge in [-0.3, -0.25) is 25.7 Å². The van der Waals surface area contributed by atoms with Crippen molar-refractivity contribution in [3.8, 4) is 11.3 Å². The maximum absolute atomic E-state index is 13.6.